The van der Waals surface area contributed by atoms with Gasteiger partial charge in [0.25, 0.3) is 0 Å². The van der Waals surface area contributed by atoms with Gasteiger partial charge >= 0.3 is 0 Å². The molecular formula is C2H6Si7. The maximum Gasteiger partial charge on any atom is 0.0238 e. The minimum atomic E-state index is 0.210. The maximum atomic E-state index is 2.53. The van der Waals surface area contributed by atoms with E-state index in [1.54, 1.807) is 0 Å². The third-order valence-corrected chi connectivity index (χ3v) is 54.0. The van der Waals surface area contributed by atoms with E-state index in [-0.39, 0.29) is 8.31 Å². The third-order valence-electron chi connectivity index (χ3n) is 1.00. The van der Waals surface area contributed by atoms with Gasteiger partial charge in [-0.15, -0.1) is 0 Å². The summed E-state index contributed by atoms with van der Waals surface area (Å²) in [5.41, 5.74) is 0. The quantitative estimate of drug-likeness (QED) is 0.478. The lowest BCUT2D eigenvalue weighted by Crippen LogP contribution is -2.54. The second kappa shape index (κ2) is 4.41. The van der Waals surface area contributed by atoms with Gasteiger partial charge in [-0.25, -0.2) is 0 Å². The zero-order valence-electron chi connectivity index (χ0n) is 5.50. The van der Waals surface area contributed by atoms with Gasteiger partial charge in [-0.05, 0) is 0 Å². The summed E-state index contributed by atoms with van der Waals surface area (Å²) in [6, 6.07) is 0. The molecule has 1 heterocycles. The van der Waals surface area contributed by atoms with Crippen molar-refractivity contribution in [2.24, 2.45) is 0 Å². The second-order valence-electron chi connectivity index (χ2n) is 2.00. The van der Waals surface area contributed by atoms with Crippen LogP contribution in [0.2, 0.25) is 13.1 Å². The molecule has 0 aromatic carbocycles. The van der Waals surface area contributed by atoms with Crippen LogP contribution in [0.1, 0.15) is 0 Å². The van der Waals surface area contributed by atoms with Gasteiger partial charge in [-0.2, -0.15) is 0 Å². The largest absolute Gasteiger partial charge is 0.0740 e. The van der Waals surface area contributed by atoms with E-state index in [9.17, 15) is 0 Å². The fourth-order valence-corrected chi connectivity index (χ4v) is 81.0. The summed E-state index contributed by atoms with van der Waals surface area (Å²) < 4.78 is 0. The molecule has 0 atom stereocenters. The molecule has 0 unspecified atom stereocenters. The number of hydrogen-bond acceptors (Lipinski definition) is 0. The SMILES string of the molecule is C[Si](C)[Si]1[Si][Si][Si][Si][Si]1. The summed E-state index contributed by atoms with van der Waals surface area (Å²) >= 11 is 0. The van der Waals surface area contributed by atoms with Crippen molar-refractivity contribution in [3.63, 3.8) is 0 Å². The van der Waals surface area contributed by atoms with Crippen molar-refractivity contribution in [3.05, 3.63) is 0 Å². The van der Waals surface area contributed by atoms with E-state index in [0.29, 0.717) is 7.35 Å². The highest BCUT2D eigenvalue weighted by Gasteiger charge is 2.20. The van der Waals surface area contributed by atoms with Crippen molar-refractivity contribution < 1.29 is 0 Å². The topological polar surface area (TPSA) is 0 Å². The summed E-state index contributed by atoms with van der Waals surface area (Å²) in [7, 11) is 7.74. The van der Waals surface area contributed by atoms with E-state index in [2.05, 4.69) is 13.1 Å². The fourth-order valence-electron chi connectivity index (χ4n) is 0.500. The van der Waals surface area contributed by atoms with Gasteiger partial charge < -0.3 is 0 Å². The fraction of sp³-hybridized carbons (Fsp3) is 1.00. The van der Waals surface area contributed by atoms with E-state index in [0.717, 1.165) is 0 Å². The van der Waals surface area contributed by atoms with Crippen LogP contribution in [0.4, 0.5) is 0 Å². The highest BCUT2D eigenvalue weighted by Crippen LogP contribution is 1.88. The van der Waals surface area contributed by atoms with Gasteiger partial charge in [-0.1, -0.05) is 13.1 Å². The van der Waals surface area contributed by atoms with E-state index in [4.69, 9.17) is 0 Å². The average molecular weight is 227 g/mol. The van der Waals surface area contributed by atoms with Crippen molar-refractivity contribution in [1.82, 2.24) is 0 Å². The zero-order chi connectivity index (χ0) is 6.69. The Morgan fingerprint density at radius 2 is 1.56 bits per heavy atom. The number of hydrogen-bond donors (Lipinski definition) is 0. The van der Waals surface area contributed by atoms with Gasteiger partial charge in [0.2, 0.25) is 0 Å². The Balaban J connectivity index is 2.23. The minimum Gasteiger partial charge on any atom is -0.0740 e. The Morgan fingerprint density at radius 1 is 1.00 bits per heavy atom. The molecule has 0 aromatic heterocycles. The lowest BCUT2D eigenvalue weighted by molar-refractivity contribution is 2.09. The molecule has 0 N–H and O–H groups in total. The molecule has 0 bridgehead atoms. The first-order valence-corrected chi connectivity index (χ1v) is 18.8. The minimum absolute atomic E-state index is 0.210. The standard InChI is InChI=1S/C2H6Si7/c1-8(2)9-6-4-3-5-7-9/h1-2H3. The van der Waals surface area contributed by atoms with Crippen LogP contribution >= 0.6 is 0 Å². The summed E-state index contributed by atoms with van der Waals surface area (Å²) in [5, 5.41) is 0. The van der Waals surface area contributed by atoms with Crippen LogP contribution in [0, 0.1) is 0 Å². The van der Waals surface area contributed by atoms with Crippen LogP contribution in [0.3, 0.4) is 0 Å². The average Bonchev–Trinajstić information content (AvgIpc) is 1.90. The van der Waals surface area contributed by atoms with E-state index in [1.807, 2.05) is 0 Å². The van der Waals surface area contributed by atoms with Crippen molar-refractivity contribution in [2.75, 3.05) is 0 Å². The van der Waals surface area contributed by atoms with E-state index >= 15 is 0 Å². The number of rotatable bonds is 1. The summed E-state index contributed by atoms with van der Waals surface area (Å²) in [5.74, 6) is 0. The summed E-state index contributed by atoms with van der Waals surface area (Å²) in [6.45, 7) is 5.06. The summed E-state index contributed by atoms with van der Waals surface area (Å²) in [4.78, 5) is 0. The molecule has 0 saturated carbocycles. The molecule has 7 heteroatoms. The highest BCUT2D eigenvalue weighted by atomic mass is 30.2. The molecule has 1 rings (SSSR count). The van der Waals surface area contributed by atoms with Crippen LogP contribution in [-0.2, 0) is 0 Å². The predicted octanol–water partition coefficient (Wildman–Crippen LogP) is -1.50. The second-order valence-corrected chi connectivity index (χ2v) is 33.0. The molecule has 42 valence electrons. The molecule has 0 aliphatic carbocycles. The van der Waals surface area contributed by atoms with Gasteiger partial charge in [-0.3, -0.25) is 0 Å². The molecular weight excluding hydrogens is 221 g/mol. The van der Waals surface area contributed by atoms with Crippen molar-refractivity contribution in [3.8, 4) is 0 Å². The molecule has 1 aliphatic heterocycles. The Labute approximate surface area is 71.4 Å². The van der Waals surface area contributed by atoms with Crippen LogP contribution in [0.5, 0.6) is 0 Å². The van der Waals surface area contributed by atoms with Crippen molar-refractivity contribution in [1.29, 1.82) is 0 Å². The Morgan fingerprint density at radius 3 is 1.89 bits per heavy atom. The maximum absolute atomic E-state index is 2.53. The van der Waals surface area contributed by atoms with Gasteiger partial charge in [0.1, 0.15) is 0 Å². The van der Waals surface area contributed by atoms with Crippen molar-refractivity contribution in [2.45, 2.75) is 13.1 Å². The Bertz CT molecular complexity index is 75.0. The molecule has 0 amide bonds. The van der Waals surface area contributed by atoms with Gasteiger partial charge in [0.15, 0.2) is 0 Å². The Hall–Kier alpha value is 1.52. The van der Waals surface area contributed by atoms with Crippen LogP contribution in [0.15, 0.2) is 0 Å². The normalized spacial score (nSPS) is 23.0. The molecule has 0 aromatic rings. The first-order valence-electron chi connectivity index (χ1n) is 2.75. The smallest absolute Gasteiger partial charge is 0.0238 e. The molecule has 12 radical (unpaired) electrons. The first-order chi connectivity index (χ1) is 4.30. The van der Waals surface area contributed by atoms with Crippen LogP contribution < -0.4 is 0 Å². The predicted molar refractivity (Wildman–Crippen MR) is 52.0 cm³/mol. The molecule has 1 saturated heterocycles. The molecule has 9 heavy (non-hydrogen) atoms. The van der Waals surface area contributed by atoms with E-state index in [1.165, 1.54) is 42.8 Å². The first kappa shape index (κ1) is 8.61. The Kier molecular flexibility index (Phi) is 4.22. The van der Waals surface area contributed by atoms with E-state index < -0.39 is 0 Å². The molecule has 1 fully saturated rings. The highest BCUT2D eigenvalue weighted by molar-refractivity contribution is 7.89. The summed E-state index contributed by atoms with van der Waals surface area (Å²) in [6.07, 6.45) is 0. The van der Waals surface area contributed by atoms with Gasteiger partial charge in [0.05, 0.1) is 0 Å². The van der Waals surface area contributed by atoms with Gasteiger partial charge in [0, 0.05) is 58.4 Å². The van der Waals surface area contributed by atoms with Crippen LogP contribution in [-0.4, -0.2) is 58.4 Å². The monoisotopic (exact) mass is 226 g/mol. The molecule has 0 nitrogen and oxygen atoms in total. The lowest BCUT2D eigenvalue weighted by atomic mass is 11.9. The molecule has 1 aliphatic rings. The van der Waals surface area contributed by atoms with Crippen LogP contribution in [0.25, 0.3) is 0 Å². The zero-order valence-corrected chi connectivity index (χ0v) is 12.5. The van der Waals surface area contributed by atoms with Crippen molar-refractivity contribution >= 4 is 58.4 Å². The lowest BCUT2D eigenvalue weighted by Gasteiger charge is -2.19. The third kappa shape index (κ3) is 2.94. The molecule has 0 spiro atoms.